The molecule has 1 aliphatic rings. The smallest absolute Gasteiger partial charge is 0.250 e. The van der Waals surface area contributed by atoms with Crippen LogP contribution in [0.3, 0.4) is 0 Å². The Balaban J connectivity index is 1.81. The maximum atomic E-state index is 12.9. The van der Waals surface area contributed by atoms with Gasteiger partial charge in [-0.05, 0) is 30.4 Å². The van der Waals surface area contributed by atoms with Gasteiger partial charge in [0.2, 0.25) is 5.91 Å². The zero-order valence-corrected chi connectivity index (χ0v) is 14.3. The van der Waals surface area contributed by atoms with Crippen LogP contribution in [0.15, 0.2) is 72.3 Å². The Hall–Kier alpha value is -2.35. The van der Waals surface area contributed by atoms with Crippen LogP contribution in [0.25, 0.3) is 0 Å². The molecule has 1 atom stereocenters. The number of carbonyl (C=O) groups is 1. The van der Waals surface area contributed by atoms with Crippen LogP contribution in [0.1, 0.15) is 37.3 Å². The van der Waals surface area contributed by atoms with Gasteiger partial charge in [-0.1, -0.05) is 80.1 Å². The normalized spacial score (nSPS) is 19.2. The van der Waals surface area contributed by atoms with E-state index in [1.54, 1.807) is 0 Å². The first-order chi connectivity index (χ1) is 11.8. The summed E-state index contributed by atoms with van der Waals surface area (Å²) in [5.41, 5.74) is 3.49. The number of hydrogen-bond acceptors (Lipinski definition) is 1. The minimum atomic E-state index is 0.216. The highest BCUT2D eigenvalue weighted by Crippen LogP contribution is 2.29. The first-order valence-electron chi connectivity index (χ1n) is 8.85. The summed E-state index contributed by atoms with van der Waals surface area (Å²) in [6.07, 6.45) is 5.99. The Bertz CT molecular complexity index is 690. The molecule has 0 radical (unpaired) electrons. The lowest BCUT2D eigenvalue weighted by atomic mass is 10.0. The van der Waals surface area contributed by atoms with Crippen molar-refractivity contribution < 1.29 is 4.79 Å². The summed E-state index contributed by atoms with van der Waals surface area (Å²) in [6, 6.07) is 21.0. The van der Waals surface area contributed by atoms with Gasteiger partial charge < -0.3 is 4.90 Å². The molecule has 2 heteroatoms. The van der Waals surface area contributed by atoms with E-state index >= 15 is 0 Å². The molecule has 0 spiro atoms. The molecule has 2 nitrogen and oxygen atoms in total. The fraction of sp³-hybridized carbons (Fsp3) is 0.318. The summed E-state index contributed by atoms with van der Waals surface area (Å²) in [6.45, 7) is 2.85. The maximum Gasteiger partial charge on any atom is 0.250 e. The van der Waals surface area contributed by atoms with Crippen molar-refractivity contribution >= 4 is 5.91 Å². The molecule has 2 aromatic carbocycles. The Morgan fingerprint density at radius 2 is 1.62 bits per heavy atom. The summed E-state index contributed by atoms with van der Waals surface area (Å²) in [7, 11) is 0. The van der Waals surface area contributed by atoms with Gasteiger partial charge in [0.1, 0.15) is 0 Å². The van der Waals surface area contributed by atoms with E-state index in [4.69, 9.17) is 0 Å². The molecule has 1 heterocycles. The molecule has 1 unspecified atom stereocenters. The molecule has 1 amide bonds. The van der Waals surface area contributed by atoms with Gasteiger partial charge in [-0.3, -0.25) is 4.79 Å². The lowest BCUT2D eigenvalue weighted by Crippen LogP contribution is -2.34. The van der Waals surface area contributed by atoms with Crippen LogP contribution in [0.2, 0.25) is 0 Å². The Labute approximate surface area is 144 Å². The largest absolute Gasteiger partial charge is 0.331 e. The van der Waals surface area contributed by atoms with Crippen LogP contribution < -0.4 is 0 Å². The number of amides is 1. The molecule has 0 aliphatic carbocycles. The lowest BCUT2D eigenvalue weighted by molar-refractivity contribution is -0.126. The van der Waals surface area contributed by atoms with Crippen molar-refractivity contribution in [1.29, 1.82) is 0 Å². The zero-order valence-electron chi connectivity index (χ0n) is 14.3. The predicted molar refractivity (Wildman–Crippen MR) is 98.5 cm³/mol. The molecule has 1 fully saturated rings. The molecule has 0 N–H and O–H groups in total. The summed E-state index contributed by atoms with van der Waals surface area (Å²) in [4.78, 5) is 14.9. The van der Waals surface area contributed by atoms with Crippen molar-refractivity contribution in [3.63, 3.8) is 0 Å². The van der Waals surface area contributed by atoms with E-state index < -0.39 is 0 Å². The third-order valence-corrected chi connectivity index (χ3v) is 4.62. The molecule has 124 valence electrons. The first-order valence-corrected chi connectivity index (χ1v) is 8.85. The number of rotatable bonds is 6. The van der Waals surface area contributed by atoms with Crippen LogP contribution in [-0.2, 0) is 17.8 Å². The van der Waals surface area contributed by atoms with E-state index in [0.29, 0.717) is 6.54 Å². The molecule has 1 aliphatic heterocycles. The molecular formula is C22H25NO. The number of benzene rings is 2. The summed E-state index contributed by atoms with van der Waals surface area (Å²) in [5.74, 6) is 0.216. The lowest BCUT2D eigenvalue weighted by Gasteiger charge is -2.24. The summed E-state index contributed by atoms with van der Waals surface area (Å²) < 4.78 is 0. The number of hydrogen-bond donors (Lipinski definition) is 0. The topological polar surface area (TPSA) is 20.3 Å². The van der Waals surface area contributed by atoms with Crippen LogP contribution >= 0.6 is 0 Å². The van der Waals surface area contributed by atoms with Crippen molar-refractivity contribution in [2.45, 2.75) is 45.2 Å². The fourth-order valence-corrected chi connectivity index (χ4v) is 3.34. The fourth-order valence-electron chi connectivity index (χ4n) is 3.34. The number of allylic oxidation sites excluding steroid dienone is 1. The number of carbonyl (C=O) groups excluding carboxylic acids is 1. The molecule has 0 bridgehead atoms. The minimum absolute atomic E-state index is 0.216. The first kappa shape index (κ1) is 16.5. The SMILES string of the molecule is CCC/C=C1\CC(Cc2ccccc2)N(Cc2ccccc2)C1=O. The van der Waals surface area contributed by atoms with Gasteiger partial charge in [-0.25, -0.2) is 0 Å². The van der Waals surface area contributed by atoms with Crippen molar-refractivity contribution in [2.75, 3.05) is 0 Å². The van der Waals surface area contributed by atoms with E-state index in [1.807, 2.05) is 24.3 Å². The molecule has 2 aromatic rings. The van der Waals surface area contributed by atoms with E-state index in [9.17, 15) is 4.79 Å². The van der Waals surface area contributed by atoms with E-state index in [-0.39, 0.29) is 11.9 Å². The van der Waals surface area contributed by atoms with Crippen LogP contribution in [-0.4, -0.2) is 16.8 Å². The highest BCUT2D eigenvalue weighted by molar-refractivity contribution is 5.96. The second kappa shape index (κ2) is 7.96. The second-order valence-corrected chi connectivity index (χ2v) is 6.48. The second-order valence-electron chi connectivity index (χ2n) is 6.48. The summed E-state index contributed by atoms with van der Waals surface area (Å²) in [5, 5.41) is 0. The molecular weight excluding hydrogens is 294 g/mol. The van der Waals surface area contributed by atoms with Crippen LogP contribution in [0, 0.1) is 0 Å². The monoisotopic (exact) mass is 319 g/mol. The van der Waals surface area contributed by atoms with Crippen LogP contribution in [0.4, 0.5) is 0 Å². The quantitative estimate of drug-likeness (QED) is 0.703. The predicted octanol–water partition coefficient (Wildman–Crippen LogP) is 4.76. The maximum absolute atomic E-state index is 12.9. The zero-order chi connectivity index (χ0) is 16.8. The third-order valence-electron chi connectivity index (χ3n) is 4.62. The Morgan fingerprint density at radius 3 is 2.25 bits per heavy atom. The van der Waals surface area contributed by atoms with Gasteiger partial charge in [0.15, 0.2) is 0 Å². The van der Waals surface area contributed by atoms with Gasteiger partial charge in [-0.15, -0.1) is 0 Å². The average molecular weight is 319 g/mol. The average Bonchev–Trinajstić information content (AvgIpc) is 2.90. The number of unbranched alkanes of at least 4 members (excludes halogenated alkanes) is 1. The van der Waals surface area contributed by atoms with E-state index in [1.165, 1.54) is 11.1 Å². The van der Waals surface area contributed by atoms with E-state index in [0.717, 1.165) is 31.3 Å². The van der Waals surface area contributed by atoms with Gasteiger partial charge in [-0.2, -0.15) is 0 Å². The van der Waals surface area contributed by atoms with Crippen molar-refractivity contribution in [3.05, 3.63) is 83.4 Å². The van der Waals surface area contributed by atoms with Gasteiger partial charge >= 0.3 is 0 Å². The molecule has 3 rings (SSSR count). The summed E-state index contributed by atoms with van der Waals surface area (Å²) >= 11 is 0. The number of likely N-dealkylation sites (tertiary alicyclic amines) is 1. The number of nitrogens with zero attached hydrogens (tertiary/aromatic N) is 1. The molecule has 0 aromatic heterocycles. The molecule has 1 saturated heterocycles. The highest BCUT2D eigenvalue weighted by atomic mass is 16.2. The third kappa shape index (κ3) is 3.94. The van der Waals surface area contributed by atoms with Gasteiger partial charge in [0.25, 0.3) is 0 Å². The standard InChI is InChI=1S/C22H25NO/c1-2-3-14-20-16-21(15-18-10-6-4-7-11-18)23(22(20)24)17-19-12-8-5-9-13-19/h4-14,21H,2-3,15-17H2,1H3/b20-14+. The molecule has 24 heavy (non-hydrogen) atoms. The van der Waals surface area contributed by atoms with Crippen molar-refractivity contribution in [2.24, 2.45) is 0 Å². The molecule has 0 saturated carbocycles. The van der Waals surface area contributed by atoms with Crippen molar-refractivity contribution in [3.8, 4) is 0 Å². The van der Waals surface area contributed by atoms with Crippen LogP contribution in [0.5, 0.6) is 0 Å². The van der Waals surface area contributed by atoms with Gasteiger partial charge in [0, 0.05) is 18.2 Å². The van der Waals surface area contributed by atoms with E-state index in [2.05, 4.69) is 54.3 Å². The minimum Gasteiger partial charge on any atom is -0.331 e. The Kier molecular flexibility index (Phi) is 5.47. The van der Waals surface area contributed by atoms with Crippen molar-refractivity contribution in [1.82, 2.24) is 4.90 Å². The highest BCUT2D eigenvalue weighted by Gasteiger charge is 2.34. The van der Waals surface area contributed by atoms with Gasteiger partial charge in [0.05, 0.1) is 0 Å². The Morgan fingerprint density at radius 1 is 1.00 bits per heavy atom.